The summed E-state index contributed by atoms with van der Waals surface area (Å²) in [5.41, 5.74) is 2.35. The third-order valence-electron chi connectivity index (χ3n) is 3.66. The lowest BCUT2D eigenvalue weighted by molar-refractivity contribution is -0.117. The van der Waals surface area contributed by atoms with Gasteiger partial charge in [-0.15, -0.1) is 0 Å². The van der Waals surface area contributed by atoms with Crippen molar-refractivity contribution in [2.75, 3.05) is 33.1 Å². The average molecular weight is 341 g/mol. The molecule has 0 aliphatic carbocycles. The van der Waals surface area contributed by atoms with Gasteiger partial charge in [0.2, 0.25) is 5.91 Å². The van der Waals surface area contributed by atoms with Gasteiger partial charge >= 0.3 is 0 Å². The van der Waals surface area contributed by atoms with Crippen LogP contribution in [-0.2, 0) is 11.3 Å². The number of rotatable bonds is 7. The molecule has 2 N–H and O–H groups in total. The molecule has 2 amide bonds. The normalized spacial score (nSPS) is 10.4. The van der Waals surface area contributed by atoms with Crippen LogP contribution in [0.5, 0.6) is 5.75 Å². The highest BCUT2D eigenvalue weighted by Crippen LogP contribution is 2.16. The van der Waals surface area contributed by atoms with E-state index in [-0.39, 0.29) is 18.4 Å². The van der Waals surface area contributed by atoms with Crippen molar-refractivity contribution in [3.8, 4) is 5.75 Å². The molecule has 6 nitrogen and oxygen atoms in total. The van der Waals surface area contributed by atoms with Crippen molar-refractivity contribution in [2.45, 2.75) is 6.54 Å². The maximum atomic E-state index is 12.1. The van der Waals surface area contributed by atoms with Crippen molar-refractivity contribution in [2.24, 2.45) is 0 Å². The number of amides is 2. The minimum atomic E-state index is -0.113. The van der Waals surface area contributed by atoms with Crippen molar-refractivity contribution in [1.82, 2.24) is 10.2 Å². The minimum absolute atomic E-state index is 0.0993. The monoisotopic (exact) mass is 341 g/mol. The molecule has 0 aliphatic rings. The topological polar surface area (TPSA) is 70.7 Å². The van der Waals surface area contributed by atoms with E-state index >= 15 is 0 Å². The molecule has 0 aromatic heterocycles. The number of benzene rings is 2. The number of nitrogens with one attached hydrogen (secondary N) is 2. The van der Waals surface area contributed by atoms with E-state index in [2.05, 4.69) is 10.6 Å². The molecule has 0 saturated carbocycles. The first-order valence-electron chi connectivity index (χ1n) is 7.95. The summed E-state index contributed by atoms with van der Waals surface area (Å²) >= 11 is 0. The van der Waals surface area contributed by atoms with E-state index in [1.54, 1.807) is 32.4 Å². The van der Waals surface area contributed by atoms with Gasteiger partial charge in [-0.1, -0.05) is 18.2 Å². The molecule has 6 heteroatoms. The number of hydrogen-bond acceptors (Lipinski definition) is 4. The zero-order valence-corrected chi connectivity index (χ0v) is 14.7. The Morgan fingerprint density at radius 3 is 2.48 bits per heavy atom. The molecule has 0 saturated heterocycles. The van der Waals surface area contributed by atoms with Crippen molar-refractivity contribution in [3.63, 3.8) is 0 Å². The molecule has 0 aliphatic heterocycles. The summed E-state index contributed by atoms with van der Waals surface area (Å²) in [6, 6.07) is 14.6. The van der Waals surface area contributed by atoms with Crippen molar-refractivity contribution in [3.05, 3.63) is 59.7 Å². The van der Waals surface area contributed by atoms with Gasteiger partial charge in [-0.25, -0.2) is 0 Å². The first kappa shape index (κ1) is 18.5. The molecule has 2 aromatic rings. The first-order valence-corrected chi connectivity index (χ1v) is 7.95. The highest BCUT2D eigenvalue weighted by atomic mass is 16.5. The highest BCUT2D eigenvalue weighted by molar-refractivity contribution is 5.94. The van der Waals surface area contributed by atoms with E-state index in [0.29, 0.717) is 23.5 Å². The van der Waals surface area contributed by atoms with E-state index < -0.39 is 0 Å². The molecule has 132 valence electrons. The highest BCUT2D eigenvalue weighted by Gasteiger charge is 2.09. The fraction of sp³-hybridized carbons (Fsp3) is 0.263. The van der Waals surface area contributed by atoms with Crippen LogP contribution < -0.4 is 15.4 Å². The number of ether oxygens (including phenoxy) is 1. The van der Waals surface area contributed by atoms with E-state index in [0.717, 1.165) is 5.56 Å². The molecule has 0 heterocycles. The van der Waals surface area contributed by atoms with Crippen LogP contribution >= 0.6 is 0 Å². The number of anilines is 1. The summed E-state index contributed by atoms with van der Waals surface area (Å²) in [6.07, 6.45) is 0. The molecule has 25 heavy (non-hydrogen) atoms. The van der Waals surface area contributed by atoms with Gasteiger partial charge < -0.3 is 15.4 Å². The van der Waals surface area contributed by atoms with Crippen LogP contribution in [0.1, 0.15) is 15.9 Å². The molecule has 0 spiro atoms. The van der Waals surface area contributed by atoms with Gasteiger partial charge in [0.15, 0.2) is 0 Å². The van der Waals surface area contributed by atoms with Crippen LogP contribution in [0.25, 0.3) is 0 Å². The summed E-state index contributed by atoms with van der Waals surface area (Å²) < 4.78 is 5.14. The Morgan fingerprint density at radius 2 is 1.84 bits per heavy atom. The summed E-state index contributed by atoms with van der Waals surface area (Å²) in [4.78, 5) is 25.6. The van der Waals surface area contributed by atoms with Crippen molar-refractivity contribution < 1.29 is 14.3 Å². The smallest absolute Gasteiger partial charge is 0.251 e. The lowest BCUT2D eigenvalue weighted by atomic mass is 10.1. The maximum Gasteiger partial charge on any atom is 0.251 e. The van der Waals surface area contributed by atoms with Crippen LogP contribution in [0.2, 0.25) is 0 Å². The van der Waals surface area contributed by atoms with Gasteiger partial charge in [-0.2, -0.15) is 0 Å². The standard InChI is InChI=1S/C19H23N3O3/c1-20-19(24)15-9-7-14(8-10-15)12-22(2)13-18(23)21-16-5-4-6-17(11-16)25-3/h4-11H,12-13H2,1-3H3,(H,20,24)(H,21,23). The quantitative estimate of drug-likeness (QED) is 0.809. The minimum Gasteiger partial charge on any atom is -0.497 e. The number of likely N-dealkylation sites (N-methyl/N-ethyl adjacent to an activating group) is 1. The summed E-state index contributed by atoms with van der Waals surface area (Å²) in [6.45, 7) is 0.869. The molecule has 0 atom stereocenters. The van der Waals surface area contributed by atoms with Gasteiger partial charge in [0, 0.05) is 30.9 Å². The lowest BCUT2D eigenvalue weighted by Crippen LogP contribution is -2.29. The van der Waals surface area contributed by atoms with Crippen molar-refractivity contribution in [1.29, 1.82) is 0 Å². The number of hydrogen-bond donors (Lipinski definition) is 2. The second kappa shape index (κ2) is 8.84. The predicted molar refractivity (Wildman–Crippen MR) is 97.8 cm³/mol. The Balaban J connectivity index is 1.87. The fourth-order valence-corrected chi connectivity index (χ4v) is 2.42. The average Bonchev–Trinajstić information content (AvgIpc) is 2.61. The first-order chi connectivity index (χ1) is 12.0. The molecule has 0 bridgehead atoms. The SMILES string of the molecule is CNC(=O)c1ccc(CN(C)CC(=O)Nc2cccc(OC)c2)cc1. The third kappa shape index (κ3) is 5.61. The van der Waals surface area contributed by atoms with Gasteiger partial charge in [0.25, 0.3) is 5.91 Å². The molecular weight excluding hydrogens is 318 g/mol. The van der Waals surface area contributed by atoms with E-state index in [1.807, 2.05) is 42.3 Å². The van der Waals surface area contributed by atoms with Crippen LogP contribution in [0.3, 0.4) is 0 Å². The Hall–Kier alpha value is -2.86. The number of carbonyl (C=O) groups excluding carboxylic acids is 2. The zero-order valence-electron chi connectivity index (χ0n) is 14.7. The number of carbonyl (C=O) groups is 2. The Bertz CT molecular complexity index is 729. The maximum absolute atomic E-state index is 12.1. The zero-order chi connectivity index (χ0) is 18.2. The van der Waals surface area contributed by atoms with E-state index in [1.165, 1.54) is 0 Å². The second-order valence-corrected chi connectivity index (χ2v) is 5.73. The van der Waals surface area contributed by atoms with Gasteiger partial charge in [-0.05, 0) is 36.9 Å². The van der Waals surface area contributed by atoms with Gasteiger partial charge in [0.1, 0.15) is 5.75 Å². The number of methoxy groups -OCH3 is 1. The van der Waals surface area contributed by atoms with Crippen LogP contribution in [0.15, 0.2) is 48.5 Å². The van der Waals surface area contributed by atoms with Crippen LogP contribution in [-0.4, -0.2) is 44.5 Å². The lowest BCUT2D eigenvalue weighted by Gasteiger charge is -2.16. The molecule has 0 unspecified atom stereocenters. The summed E-state index contributed by atoms with van der Waals surface area (Å²) in [5, 5.41) is 5.44. The molecule has 0 radical (unpaired) electrons. The van der Waals surface area contributed by atoms with E-state index in [9.17, 15) is 9.59 Å². The van der Waals surface area contributed by atoms with Crippen LogP contribution in [0.4, 0.5) is 5.69 Å². The third-order valence-corrected chi connectivity index (χ3v) is 3.66. The second-order valence-electron chi connectivity index (χ2n) is 5.73. The van der Waals surface area contributed by atoms with Crippen LogP contribution in [0, 0.1) is 0 Å². The molecule has 2 rings (SSSR count). The predicted octanol–water partition coefficient (Wildman–Crippen LogP) is 2.13. The molecule has 2 aromatic carbocycles. The van der Waals surface area contributed by atoms with Gasteiger partial charge in [-0.3, -0.25) is 14.5 Å². The fourth-order valence-electron chi connectivity index (χ4n) is 2.42. The Labute approximate surface area is 147 Å². The largest absolute Gasteiger partial charge is 0.497 e. The molecule has 0 fully saturated rings. The van der Waals surface area contributed by atoms with E-state index in [4.69, 9.17) is 4.74 Å². The van der Waals surface area contributed by atoms with Crippen molar-refractivity contribution >= 4 is 17.5 Å². The van der Waals surface area contributed by atoms with Gasteiger partial charge in [0.05, 0.1) is 13.7 Å². The summed E-state index contributed by atoms with van der Waals surface area (Å²) in [7, 11) is 5.06. The Morgan fingerprint density at radius 1 is 1.12 bits per heavy atom. The molecular formula is C19H23N3O3. The summed E-state index contributed by atoms with van der Waals surface area (Å²) in [5.74, 6) is 0.484. The Kier molecular flexibility index (Phi) is 6.54. The number of nitrogens with zero attached hydrogens (tertiary/aromatic N) is 1.